The molecule has 0 unspecified atom stereocenters. The van der Waals surface area contributed by atoms with Gasteiger partial charge in [-0.15, -0.1) is 34.2 Å². The molecule has 24 heavy (non-hydrogen) atoms. The Morgan fingerprint density at radius 1 is 1.25 bits per heavy atom. The highest BCUT2D eigenvalue weighted by atomic mass is 127. The Morgan fingerprint density at radius 2 is 2.04 bits per heavy atom. The molecule has 6 nitrogen and oxygen atoms in total. The van der Waals surface area contributed by atoms with Gasteiger partial charge in [0.25, 0.3) is 0 Å². The lowest BCUT2D eigenvalue weighted by molar-refractivity contribution is 0.472. The summed E-state index contributed by atoms with van der Waals surface area (Å²) in [5.41, 5.74) is 0. The number of nitrogens with one attached hydrogen (secondary N) is 2. The molecule has 0 bridgehead atoms. The molecular formula is C17H33IN6. The minimum Gasteiger partial charge on any atom is -0.357 e. The van der Waals surface area contributed by atoms with Gasteiger partial charge < -0.3 is 15.2 Å². The van der Waals surface area contributed by atoms with Crippen LogP contribution in [0, 0.1) is 5.92 Å². The Bertz CT molecular complexity index is 467. The number of hydrogen-bond donors (Lipinski definition) is 2. The zero-order valence-corrected chi connectivity index (χ0v) is 17.5. The van der Waals surface area contributed by atoms with Crippen molar-refractivity contribution in [1.29, 1.82) is 0 Å². The van der Waals surface area contributed by atoms with Gasteiger partial charge in [0.05, 0.1) is 0 Å². The molecule has 1 aromatic heterocycles. The van der Waals surface area contributed by atoms with Crippen LogP contribution in [0.25, 0.3) is 0 Å². The second kappa shape index (κ2) is 12.5. The largest absolute Gasteiger partial charge is 0.357 e. The summed E-state index contributed by atoms with van der Waals surface area (Å²) in [7, 11) is 0. The van der Waals surface area contributed by atoms with Gasteiger partial charge in [-0.05, 0) is 26.2 Å². The minimum atomic E-state index is 0. The first-order valence-corrected chi connectivity index (χ1v) is 9.22. The molecule has 0 saturated heterocycles. The summed E-state index contributed by atoms with van der Waals surface area (Å²) in [4.78, 5) is 4.61. The first-order chi connectivity index (χ1) is 11.3. The van der Waals surface area contributed by atoms with E-state index in [2.05, 4.69) is 39.7 Å². The Kier molecular flexibility index (Phi) is 11.0. The molecule has 1 aliphatic carbocycles. The van der Waals surface area contributed by atoms with Crippen molar-refractivity contribution < 1.29 is 0 Å². The van der Waals surface area contributed by atoms with E-state index in [1.807, 2.05) is 4.57 Å². The van der Waals surface area contributed by atoms with Gasteiger partial charge in [-0.2, -0.15) is 0 Å². The summed E-state index contributed by atoms with van der Waals surface area (Å²) in [6, 6.07) is 0. The highest BCUT2D eigenvalue weighted by Gasteiger charge is 2.13. The average Bonchev–Trinajstić information content (AvgIpc) is 3.23. The van der Waals surface area contributed by atoms with Crippen LogP contribution in [-0.2, 0) is 13.1 Å². The fourth-order valence-corrected chi connectivity index (χ4v) is 3.22. The molecule has 0 atom stereocenters. The second-order valence-corrected chi connectivity index (χ2v) is 6.30. The normalized spacial score (nSPS) is 15.3. The molecular weight excluding hydrogens is 415 g/mol. The van der Waals surface area contributed by atoms with Crippen LogP contribution in [-0.4, -0.2) is 33.8 Å². The lowest BCUT2D eigenvalue weighted by Crippen LogP contribution is -2.37. The van der Waals surface area contributed by atoms with E-state index >= 15 is 0 Å². The number of hydrogen-bond acceptors (Lipinski definition) is 3. The van der Waals surface area contributed by atoms with Crippen molar-refractivity contribution in [3.63, 3.8) is 0 Å². The molecule has 0 radical (unpaired) electrons. The summed E-state index contributed by atoms with van der Waals surface area (Å²) < 4.78 is 2.02. The SMILES string of the molecule is CCNC(=NCc1nncn1CC)NCCCCC1CCCC1.I. The smallest absolute Gasteiger partial charge is 0.191 e. The van der Waals surface area contributed by atoms with Crippen molar-refractivity contribution in [1.82, 2.24) is 25.4 Å². The van der Waals surface area contributed by atoms with Crippen LogP contribution in [0.4, 0.5) is 0 Å². The van der Waals surface area contributed by atoms with Crippen LogP contribution in [0.1, 0.15) is 64.6 Å². The van der Waals surface area contributed by atoms with E-state index in [4.69, 9.17) is 0 Å². The monoisotopic (exact) mass is 448 g/mol. The Morgan fingerprint density at radius 3 is 2.75 bits per heavy atom. The van der Waals surface area contributed by atoms with Gasteiger partial charge in [0.1, 0.15) is 12.9 Å². The summed E-state index contributed by atoms with van der Waals surface area (Å²) in [5.74, 6) is 2.78. The predicted molar refractivity (Wildman–Crippen MR) is 110 cm³/mol. The molecule has 1 aliphatic rings. The standard InChI is InChI=1S/C17H32N6.HI/c1-3-18-17(20-13-16-22-21-14-23(16)4-2)19-12-8-7-11-15-9-5-6-10-15;/h14-15H,3-13H2,1-2H3,(H2,18,19,20);1H. The van der Waals surface area contributed by atoms with E-state index in [0.717, 1.165) is 37.3 Å². The molecule has 7 heteroatoms. The average molecular weight is 448 g/mol. The zero-order valence-electron chi connectivity index (χ0n) is 15.1. The number of halogens is 1. The first kappa shape index (κ1) is 21.2. The van der Waals surface area contributed by atoms with Crippen LogP contribution < -0.4 is 10.6 Å². The first-order valence-electron chi connectivity index (χ1n) is 9.22. The number of nitrogens with zero attached hydrogens (tertiary/aromatic N) is 4. The fourth-order valence-electron chi connectivity index (χ4n) is 3.22. The van der Waals surface area contributed by atoms with E-state index in [-0.39, 0.29) is 24.0 Å². The third-order valence-electron chi connectivity index (χ3n) is 4.57. The van der Waals surface area contributed by atoms with Gasteiger partial charge in [0, 0.05) is 19.6 Å². The van der Waals surface area contributed by atoms with E-state index in [1.54, 1.807) is 6.33 Å². The third-order valence-corrected chi connectivity index (χ3v) is 4.57. The predicted octanol–water partition coefficient (Wildman–Crippen LogP) is 3.33. The number of guanidine groups is 1. The van der Waals surface area contributed by atoms with Gasteiger partial charge in [-0.3, -0.25) is 0 Å². The summed E-state index contributed by atoms with van der Waals surface area (Å²) >= 11 is 0. The van der Waals surface area contributed by atoms with Crippen molar-refractivity contribution in [2.45, 2.75) is 71.9 Å². The molecule has 2 rings (SSSR count). The van der Waals surface area contributed by atoms with Gasteiger partial charge in [-0.1, -0.05) is 38.5 Å². The maximum atomic E-state index is 4.61. The molecule has 1 saturated carbocycles. The van der Waals surface area contributed by atoms with Crippen LogP contribution in [0.5, 0.6) is 0 Å². The van der Waals surface area contributed by atoms with Crippen LogP contribution in [0.2, 0.25) is 0 Å². The molecule has 1 heterocycles. The fraction of sp³-hybridized carbons (Fsp3) is 0.824. The van der Waals surface area contributed by atoms with E-state index in [1.165, 1.54) is 44.9 Å². The molecule has 138 valence electrons. The van der Waals surface area contributed by atoms with Gasteiger partial charge in [0.2, 0.25) is 0 Å². The van der Waals surface area contributed by atoms with Gasteiger partial charge in [-0.25, -0.2) is 4.99 Å². The lowest BCUT2D eigenvalue weighted by atomic mass is 10.0. The molecule has 0 aromatic carbocycles. The summed E-state index contributed by atoms with van der Waals surface area (Å²) in [6.07, 6.45) is 11.5. The molecule has 0 spiro atoms. The van der Waals surface area contributed by atoms with E-state index in [0.29, 0.717) is 6.54 Å². The van der Waals surface area contributed by atoms with Gasteiger partial charge >= 0.3 is 0 Å². The number of aliphatic imine (C=N–C) groups is 1. The van der Waals surface area contributed by atoms with Crippen molar-refractivity contribution in [2.75, 3.05) is 13.1 Å². The second-order valence-electron chi connectivity index (χ2n) is 6.30. The highest BCUT2D eigenvalue weighted by Crippen LogP contribution is 2.28. The zero-order chi connectivity index (χ0) is 16.3. The quantitative estimate of drug-likeness (QED) is 0.263. The molecule has 0 amide bonds. The maximum absolute atomic E-state index is 4.61. The van der Waals surface area contributed by atoms with Crippen molar-refractivity contribution in [2.24, 2.45) is 10.9 Å². The lowest BCUT2D eigenvalue weighted by Gasteiger charge is -2.12. The minimum absolute atomic E-state index is 0. The molecule has 1 aromatic rings. The molecule has 0 aliphatic heterocycles. The number of unbranched alkanes of at least 4 members (excludes halogenated alkanes) is 1. The number of aromatic nitrogens is 3. The summed E-state index contributed by atoms with van der Waals surface area (Å²) in [6.45, 7) is 7.47. The van der Waals surface area contributed by atoms with Crippen molar-refractivity contribution in [3.05, 3.63) is 12.2 Å². The number of aryl methyl sites for hydroxylation is 1. The molecule has 2 N–H and O–H groups in total. The Hall–Kier alpha value is -0.860. The van der Waals surface area contributed by atoms with Crippen LogP contribution in [0.15, 0.2) is 11.3 Å². The molecule has 1 fully saturated rings. The van der Waals surface area contributed by atoms with Crippen LogP contribution >= 0.6 is 24.0 Å². The summed E-state index contributed by atoms with van der Waals surface area (Å²) in [5, 5.41) is 14.8. The number of rotatable bonds is 9. The highest BCUT2D eigenvalue weighted by molar-refractivity contribution is 14.0. The van der Waals surface area contributed by atoms with Crippen LogP contribution in [0.3, 0.4) is 0 Å². The van der Waals surface area contributed by atoms with Crippen molar-refractivity contribution >= 4 is 29.9 Å². The van der Waals surface area contributed by atoms with Crippen molar-refractivity contribution in [3.8, 4) is 0 Å². The van der Waals surface area contributed by atoms with Gasteiger partial charge in [0.15, 0.2) is 11.8 Å². The maximum Gasteiger partial charge on any atom is 0.191 e. The topological polar surface area (TPSA) is 67.1 Å². The Labute approximate surface area is 163 Å². The van der Waals surface area contributed by atoms with E-state index < -0.39 is 0 Å². The van der Waals surface area contributed by atoms with E-state index in [9.17, 15) is 0 Å². The Balaban J connectivity index is 0.00000288. The third kappa shape index (κ3) is 7.36.